The van der Waals surface area contributed by atoms with Crippen LogP contribution < -0.4 is 14.2 Å². The summed E-state index contributed by atoms with van der Waals surface area (Å²) >= 11 is 0. The maximum Gasteiger partial charge on any atom is 0.295 e. The minimum Gasteiger partial charge on any atom is -0.506 e. The van der Waals surface area contributed by atoms with Gasteiger partial charge in [-0.15, -0.1) is 0 Å². The summed E-state index contributed by atoms with van der Waals surface area (Å²) in [5.74, 6) is -0.871. The number of pyridine rings is 1. The molecule has 8 heteroatoms. The average Bonchev–Trinajstić information content (AvgIpc) is 3.13. The van der Waals surface area contributed by atoms with E-state index in [9.17, 15) is 14.7 Å². The topological polar surface area (TPSA) is 98.2 Å². The second-order valence-electron chi connectivity index (χ2n) is 7.57. The first-order chi connectivity index (χ1) is 16.5. The number of Topliss-reactive ketones (excluding diaryl/α,β-unsaturated/α-hetero) is 1. The molecule has 1 saturated heterocycles. The number of carbonyl (C=O) groups is 2. The molecule has 8 nitrogen and oxygen atoms in total. The molecule has 0 radical (unpaired) electrons. The molecular formula is C26H24N2O6. The van der Waals surface area contributed by atoms with Gasteiger partial charge in [0.2, 0.25) is 0 Å². The summed E-state index contributed by atoms with van der Waals surface area (Å²) < 4.78 is 16.4. The first-order valence-corrected chi connectivity index (χ1v) is 10.5. The third-order valence-electron chi connectivity index (χ3n) is 5.71. The number of carbonyl (C=O) groups excluding carboxylic acids is 2. The lowest BCUT2D eigenvalue weighted by atomic mass is 9.94. The van der Waals surface area contributed by atoms with E-state index in [-0.39, 0.29) is 17.7 Å². The van der Waals surface area contributed by atoms with Crippen LogP contribution in [0.4, 0.5) is 0 Å². The third-order valence-corrected chi connectivity index (χ3v) is 5.71. The highest BCUT2D eigenvalue weighted by molar-refractivity contribution is 6.46. The Bertz CT molecular complexity index is 1230. The molecule has 0 aliphatic carbocycles. The highest BCUT2D eigenvalue weighted by Gasteiger charge is 2.47. The van der Waals surface area contributed by atoms with Crippen LogP contribution in [0.5, 0.6) is 17.2 Å². The van der Waals surface area contributed by atoms with Crippen LogP contribution in [-0.2, 0) is 16.1 Å². The Hall–Kier alpha value is -4.33. The molecule has 1 unspecified atom stereocenters. The number of aromatic nitrogens is 1. The number of para-hydroxylation sites is 1. The molecule has 1 atom stereocenters. The SMILES string of the molecule is COc1ccccc1C1/C(=C(\O)c2c(OC)cccc2OC)C(=O)C(=O)N1Cc1cccnc1. The molecule has 0 saturated carbocycles. The Morgan fingerprint density at radius 2 is 1.56 bits per heavy atom. The molecule has 0 bridgehead atoms. The molecule has 1 N–H and O–H groups in total. The number of nitrogens with zero attached hydrogens (tertiary/aromatic N) is 2. The lowest BCUT2D eigenvalue weighted by Gasteiger charge is -2.26. The van der Waals surface area contributed by atoms with Gasteiger partial charge in [-0.3, -0.25) is 14.6 Å². The van der Waals surface area contributed by atoms with Crippen LogP contribution in [0, 0.1) is 0 Å². The maximum absolute atomic E-state index is 13.4. The molecule has 1 aliphatic heterocycles. The van der Waals surface area contributed by atoms with E-state index in [1.165, 1.54) is 26.2 Å². The van der Waals surface area contributed by atoms with Crippen molar-refractivity contribution in [3.8, 4) is 17.2 Å². The quantitative estimate of drug-likeness (QED) is 0.326. The van der Waals surface area contributed by atoms with E-state index >= 15 is 0 Å². The van der Waals surface area contributed by atoms with Gasteiger partial charge in [0, 0.05) is 24.5 Å². The Morgan fingerprint density at radius 3 is 2.18 bits per heavy atom. The van der Waals surface area contributed by atoms with Crippen molar-refractivity contribution in [3.05, 3.63) is 89.3 Å². The average molecular weight is 460 g/mol. The van der Waals surface area contributed by atoms with Crippen molar-refractivity contribution in [2.24, 2.45) is 0 Å². The minimum atomic E-state index is -0.911. The fraction of sp³-hybridized carbons (Fsp3) is 0.192. The van der Waals surface area contributed by atoms with Crippen molar-refractivity contribution < 1.29 is 28.9 Å². The second-order valence-corrected chi connectivity index (χ2v) is 7.57. The highest BCUT2D eigenvalue weighted by Crippen LogP contribution is 2.45. The maximum atomic E-state index is 13.4. The summed E-state index contributed by atoms with van der Waals surface area (Å²) in [6.45, 7) is 0.112. The Labute approximate surface area is 197 Å². The highest BCUT2D eigenvalue weighted by atomic mass is 16.5. The third kappa shape index (κ3) is 3.94. The molecule has 2 aromatic carbocycles. The number of aliphatic hydroxyl groups excluding tert-OH is 1. The predicted octanol–water partition coefficient (Wildman–Crippen LogP) is 3.73. The Morgan fingerprint density at radius 1 is 0.912 bits per heavy atom. The zero-order chi connectivity index (χ0) is 24.2. The van der Waals surface area contributed by atoms with Gasteiger partial charge in [-0.25, -0.2) is 0 Å². The fourth-order valence-corrected chi connectivity index (χ4v) is 4.17. The number of ketones is 1. The second kappa shape index (κ2) is 9.66. The molecule has 2 heterocycles. The van der Waals surface area contributed by atoms with Gasteiger partial charge in [-0.1, -0.05) is 30.3 Å². The summed E-state index contributed by atoms with van der Waals surface area (Å²) in [7, 11) is 4.41. The van der Waals surface area contributed by atoms with Crippen LogP contribution in [0.15, 0.2) is 72.6 Å². The zero-order valence-corrected chi connectivity index (χ0v) is 19.0. The zero-order valence-electron chi connectivity index (χ0n) is 19.0. The van der Waals surface area contributed by atoms with Gasteiger partial charge >= 0.3 is 0 Å². The van der Waals surface area contributed by atoms with Gasteiger partial charge in [-0.2, -0.15) is 0 Å². The van der Waals surface area contributed by atoms with Gasteiger partial charge < -0.3 is 24.2 Å². The van der Waals surface area contributed by atoms with Crippen molar-refractivity contribution in [1.29, 1.82) is 0 Å². The van der Waals surface area contributed by atoms with Crippen molar-refractivity contribution >= 4 is 17.4 Å². The van der Waals surface area contributed by atoms with Crippen LogP contribution in [0.2, 0.25) is 0 Å². The monoisotopic (exact) mass is 460 g/mol. The van der Waals surface area contributed by atoms with E-state index in [1.54, 1.807) is 60.9 Å². The number of benzene rings is 2. The van der Waals surface area contributed by atoms with Gasteiger partial charge in [0.25, 0.3) is 11.7 Å². The van der Waals surface area contributed by atoms with Crippen LogP contribution >= 0.6 is 0 Å². The fourth-order valence-electron chi connectivity index (χ4n) is 4.17. The van der Waals surface area contributed by atoms with Crippen molar-refractivity contribution in [3.63, 3.8) is 0 Å². The number of aliphatic hydroxyl groups is 1. The van der Waals surface area contributed by atoms with E-state index < -0.39 is 23.5 Å². The molecule has 1 amide bonds. The molecule has 1 fully saturated rings. The standard InChI is InChI=1S/C26H24N2O6/c1-32-18-10-5-4-9-17(18)23-22(24(29)21-19(33-2)11-6-12-20(21)34-3)25(30)26(31)28(23)15-16-8-7-13-27-14-16/h4-14,23,29H,15H2,1-3H3/b24-22+. The van der Waals surface area contributed by atoms with Crippen molar-refractivity contribution in [1.82, 2.24) is 9.88 Å². The molecule has 1 aliphatic rings. The van der Waals surface area contributed by atoms with Gasteiger partial charge in [0.1, 0.15) is 28.6 Å². The molecule has 3 aromatic rings. The molecular weight excluding hydrogens is 436 g/mol. The molecule has 34 heavy (non-hydrogen) atoms. The number of hydrogen-bond donors (Lipinski definition) is 1. The number of rotatable bonds is 7. The molecule has 4 rings (SSSR count). The number of amides is 1. The van der Waals surface area contributed by atoms with Crippen LogP contribution in [-0.4, -0.2) is 48.0 Å². The Kier molecular flexibility index (Phi) is 6.49. The van der Waals surface area contributed by atoms with Crippen molar-refractivity contribution in [2.75, 3.05) is 21.3 Å². The minimum absolute atomic E-state index is 0.0822. The van der Waals surface area contributed by atoms with Crippen LogP contribution in [0.1, 0.15) is 22.7 Å². The van der Waals surface area contributed by atoms with Crippen LogP contribution in [0.3, 0.4) is 0 Å². The van der Waals surface area contributed by atoms with Gasteiger partial charge in [-0.05, 0) is 29.8 Å². The summed E-state index contributed by atoms with van der Waals surface area (Å²) in [6, 6.07) is 14.7. The van der Waals surface area contributed by atoms with Crippen LogP contribution in [0.25, 0.3) is 5.76 Å². The molecule has 0 spiro atoms. The van der Waals surface area contributed by atoms with Gasteiger partial charge in [0.05, 0.1) is 32.9 Å². The normalized spacial score (nSPS) is 17.0. The Balaban J connectivity index is 1.97. The number of hydrogen-bond acceptors (Lipinski definition) is 7. The first-order valence-electron chi connectivity index (χ1n) is 10.5. The van der Waals surface area contributed by atoms with Gasteiger partial charge in [0.15, 0.2) is 0 Å². The summed E-state index contributed by atoms with van der Waals surface area (Å²) in [5, 5.41) is 11.5. The first kappa shape index (κ1) is 22.8. The lowest BCUT2D eigenvalue weighted by Crippen LogP contribution is -2.29. The smallest absolute Gasteiger partial charge is 0.295 e. The lowest BCUT2D eigenvalue weighted by molar-refractivity contribution is -0.140. The number of methoxy groups -OCH3 is 3. The largest absolute Gasteiger partial charge is 0.506 e. The summed E-state index contributed by atoms with van der Waals surface area (Å²) in [4.78, 5) is 32.1. The summed E-state index contributed by atoms with van der Waals surface area (Å²) in [5.41, 5.74) is 1.40. The van der Waals surface area contributed by atoms with E-state index in [2.05, 4.69) is 4.98 Å². The summed E-state index contributed by atoms with van der Waals surface area (Å²) in [6.07, 6.45) is 3.26. The van der Waals surface area contributed by atoms with E-state index in [1.807, 2.05) is 6.07 Å². The van der Waals surface area contributed by atoms with E-state index in [0.29, 0.717) is 22.8 Å². The van der Waals surface area contributed by atoms with E-state index in [4.69, 9.17) is 14.2 Å². The van der Waals surface area contributed by atoms with Crippen molar-refractivity contribution in [2.45, 2.75) is 12.6 Å². The number of ether oxygens (including phenoxy) is 3. The number of likely N-dealkylation sites (tertiary alicyclic amines) is 1. The molecule has 174 valence electrons. The predicted molar refractivity (Wildman–Crippen MR) is 125 cm³/mol. The molecule has 1 aromatic heterocycles. The van der Waals surface area contributed by atoms with E-state index in [0.717, 1.165) is 5.56 Å².